The van der Waals surface area contributed by atoms with Crippen molar-refractivity contribution in [3.8, 4) is 0 Å². The third-order valence-electron chi connectivity index (χ3n) is 3.27. The van der Waals surface area contributed by atoms with Crippen LogP contribution in [0.25, 0.3) is 0 Å². The van der Waals surface area contributed by atoms with E-state index in [0.717, 1.165) is 0 Å². The summed E-state index contributed by atoms with van der Waals surface area (Å²) in [5, 5.41) is 4.14. The van der Waals surface area contributed by atoms with Gasteiger partial charge in [-0.05, 0) is 20.8 Å². The Labute approximate surface area is 93.6 Å². The van der Waals surface area contributed by atoms with E-state index in [0.29, 0.717) is 5.56 Å². The molecule has 16 heavy (non-hydrogen) atoms. The standard InChI is InChI=1S/C11H17F2N3/c1-9(2,3)16-5-8(4-15-16)10(7-14)6-11(10,12)13/h4-5H,6-7,14H2,1-3H3. The SMILES string of the molecule is CC(C)(C)n1cc(C2(CN)CC2(F)F)cn1. The van der Waals surface area contributed by atoms with Gasteiger partial charge in [0, 0.05) is 24.7 Å². The zero-order valence-corrected chi connectivity index (χ0v) is 9.80. The van der Waals surface area contributed by atoms with Gasteiger partial charge in [-0.3, -0.25) is 4.68 Å². The molecule has 1 aliphatic rings. The van der Waals surface area contributed by atoms with Crippen molar-refractivity contribution in [1.29, 1.82) is 0 Å². The molecule has 2 N–H and O–H groups in total. The van der Waals surface area contributed by atoms with Crippen molar-refractivity contribution in [1.82, 2.24) is 9.78 Å². The molecule has 0 aromatic carbocycles. The second kappa shape index (κ2) is 3.03. The molecule has 0 saturated heterocycles. The Kier molecular flexibility index (Phi) is 2.18. The first-order chi connectivity index (χ1) is 7.23. The topological polar surface area (TPSA) is 43.8 Å². The number of alkyl halides is 2. The zero-order valence-electron chi connectivity index (χ0n) is 9.80. The summed E-state index contributed by atoms with van der Waals surface area (Å²) in [5.41, 5.74) is 4.66. The Hall–Kier alpha value is -0.970. The predicted molar refractivity (Wildman–Crippen MR) is 57.5 cm³/mol. The van der Waals surface area contributed by atoms with Gasteiger partial charge in [-0.25, -0.2) is 8.78 Å². The van der Waals surface area contributed by atoms with Crippen molar-refractivity contribution < 1.29 is 8.78 Å². The van der Waals surface area contributed by atoms with E-state index >= 15 is 0 Å². The normalized spacial score (nSPS) is 28.1. The molecular formula is C11H17F2N3. The van der Waals surface area contributed by atoms with Crippen LogP contribution < -0.4 is 5.73 Å². The molecule has 2 rings (SSSR count). The number of hydrogen-bond acceptors (Lipinski definition) is 2. The highest BCUT2D eigenvalue weighted by Gasteiger charge is 2.71. The summed E-state index contributed by atoms with van der Waals surface area (Å²) < 4.78 is 28.4. The summed E-state index contributed by atoms with van der Waals surface area (Å²) in [5.74, 6) is -2.67. The van der Waals surface area contributed by atoms with Gasteiger partial charge in [-0.2, -0.15) is 5.10 Å². The summed E-state index contributed by atoms with van der Waals surface area (Å²) in [6.07, 6.45) is 3.04. The molecular weight excluding hydrogens is 212 g/mol. The highest BCUT2D eigenvalue weighted by molar-refractivity contribution is 5.35. The zero-order chi connectivity index (χ0) is 12.2. The predicted octanol–water partition coefficient (Wildman–Crippen LogP) is 1.87. The summed E-state index contributed by atoms with van der Waals surface area (Å²) >= 11 is 0. The lowest BCUT2D eigenvalue weighted by Gasteiger charge is -2.19. The number of nitrogens with zero attached hydrogens (tertiary/aromatic N) is 2. The molecule has 3 nitrogen and oxygen atoms in total. The minimum atomic E-state index is -2.67. The average molecular weight is 229 g/mol. The van der Waals surface area contributed by atoms with Crippen LogP contribution in [-0.4, -0.2) is 22.2 Å². The van der Waals surface area contributed by atoms with E-state index in [9.17, 15) is 8.78 Å². The van der Waals surface area contributed by atoms with E-state index in [1.807, 2.05) is 20.8 Å². The van der Waals surface area contributed by atoms with Gasteiger partial charge in [0.05, 0.1) is 17.2 Å². The van der Waals surface area contributed by atoms with Crippen LogP contribution in [0.4, 0.5) is 8.78 Å². The smallest absolute Gasteiger partial charge is 0.260 e. The summed E-state index contributed by atoms with van der Waals surface area (Å²) in [4.78, 5) is 0. The van der Waals surface area contributed by atoms with E-state index < -0.39 is 11.3 Å². The highest BCUT2D eigenvalue weighted by atomic mass is 19.3. The molecule has 0 amide bonds. The molecule has 1 heterocycles. The van der Waals surface area contributed by atoms with Gasteiger partial charge in [-0.1, -0.05) is 0 Å². The van der Waals surface area contributed by atoms with Crippen molar-refractivity contribution in [2.75, 3.05) is 6.54 Å². The number of aromatic nitrogens is 2. The van der Waals surface area contributed by atoms with Gasteiger partial charge in [0.1, 0.15) is 0 Å². The second-order valence-electron chi connectivity index (χ2n) is 5.51. The highest BCUT2D eigenvalue weighted by Crippen LogP contribution is 2.60. The van der Waals surface area contributed by atoms with Gasteiger partial charge in [-0.15, -0.1) is 0 Å². The average Bonchev–Trinajstić information content (AvgIpc) is 2.59. The van der Waals surface area contributed by atoms with E-state index in [4.69, 9.17) is 5.73 Å². The van der Waals surface area contributed by atoms with E-state index in [1.54, 1.807) is 10.9 Å². The quantitative estimate of drug-likeness (QED) is 0.841. The van der Waals surface area contributed by atoms with E-state index in [1.165, 1.54) is 6.20 Å². The molecule has 1 aromatic rings. The minimum Gasteiger partial charge on any atom is -0.329 e. The Balaban J connectivity index is 2.33. The van der Waals surface area contributed by atoms with E-state index in [-0.39, 0.29) is 18.5 Å². The molecule has 0 aliphatic heterocycles. The third-order valence-corrected chi connectivity index (χ3v) is 3.27. The fourth-order valence-corrected chi connectivity index (χ4v) is 1.92. The molecule has 1 atom stereocenters. The third kappa shape index (κ3) is 1.45. The fourth-order valence-electron chi connectivity index (χ4n) is 1.92. The van der Waals surface area contributed by atoms with Crippen LogP contribution in [-0.2, 0) is 11.0 Å². The lowest BCUT2D eigenvalue weighted by Crippen LogP contribution is -2.27. The fraction of sp³-hybridized carbons (Fsp3) is 0.727. The Morgan fingerprint density at radius 2 is 2.06 bits per heavy atom. The number of nitrogens with two attached hydrogens (primary N) is 1. The monoisotopic (exact) mass is 229 g/mol. The van der Waals surface area contributed by atoms with Crippen LogP contribution >= 0.6 is 0 Å². The van der Waals surface area contributed by atoms with Crippen LogP contribution in [0.15, 0.2) is 12.4 Å². The van der Waals surface area contributed by atoms with Crippen LogP contribution in [0.2, 0.25) is 0 Å². The van der Waals surface area contributed by atoms with Gasteiger partial charge >= 0.3 is 0 Å². The van der Waals surface area contributed by atoms with Crippen LogP contribution in [0, 0.1) is 0 Å². The first-order valence-corrected chi connectivity index (χ1v) is 5.36. The Morgan fingerprint density at radius 3 is 2.38 bits per heavy atom. The lowest BCUT2D eigenvalue weighted by molar-refractivity contribution is 0.0895. The first-order valence-electron chi connectivity index (χ1n) is 5.36. The maximum atomic E-state index is 13.3. The number of halogens is 2. The van der Waals surface area contributed by atoms with Crippen molar-refractivity contribution in [3.63, 3.8) is 0 Å². The molecule has 1 aliphatic carbocycles. The summed E-state index contributed by atoms with van der Waals surface area (Å²) in [7, 11) is 0. The van der Waals surface area contributed by atoms with Crippen molar-refractivity contribution >= 4 is 0 Å². The molecule has 0 radical (unpaired) electrons. The Morgan fingerprint density at radius 1 is 1.50 bits per heavy atom. The Bertz CT molecular complexity index is 406. The molecule has 90 valence electrons. The van der Waals surface area contributed by atoms with Crippen molar-refractivity contribution in [3.05, 3.63) is 18.0 Å². The number of rotatable bonds is 2. The molecule has 0 bridgehead atoms. The van der Waals surface area contributed by atoms with Crippen LogP contribution in [0.5, 0.6) is 0 Å². The van der Waals surface area contributed by atoms with E-state index in [2.05, 4.69) is 5.10 Å². The van der Waals surface area contributed by atoms with Gasteiger partial charge < -0.3 is 5.73 Å². The lowest BCUT2D eigenvalue weighted by atomic mass is 9.99. The van der Waals surface area contributed by atoms with Gasteiger partial charge in [0.2, 0.25) is 0 Å². The van der Waals surface area contributed by atoms with Crippen molar-refractivity contribution in [2.45, 2.75) is 44.1 Å². The molecule has 1 fully saturated rings. The molecule has 1 saturated carbocycles. The van der Waals surface area contributed by atoms with Crippen molar-refractivity contribution in [2.24, 2.45) is 5.73 Å². The van der Waals surface area contributed by atoms with Gasteiger partial charge in [0.15, 0.2) is 0 Å². The molecule has 0 spiro atoms. The number of hydrogen-bond donors (Lipinski definition) is 1. The maximum absolute atomic E-state index is 13.3. The molecule has 1 aromatic heterocycles. The summed E-state index contributed by atoms with van der Waals surface area (Å²) in [6, 6.07) is 0. The minimum absolute atomic E-state index is 0.0319. The first kappa shape index (κ1) is 11.5. The largest absolute Gasteiger partial charge is 0.329 e. The summed E-state index contributed by atoms with van der Waals surface area (Å²) in [6.45, 7) is 5.90. The van der Waals surface area contributed by atoms with Crippen LogP contribution in [0.3, 0.4) is 0 Å². The van der Waals surface area contributed by atoms with Gasteiger partial charge in [0.25, 0.3) is 5.92 Å². The second-order valence-corrected chi connectivity index (χ2v) is 5.51. The maximum Gasteiger partial charge on any atom is 0.260 e. The van der Waals surface area contributed by atoms with Crippen LogP contribution in [0.1, 0.15) is 32.8 Å². The molecule has 5 heteroatoms. The molecule has 1 unspecified atom stereocenters.